The smallest absolute Gasteiger partial charge is 0.323 e. The first-order valence-electron chi connectivity index (χ1n) is 5.91. The van der Waals surface area contributed by atoms with Crippen LogP contribution in [0.25, 0.3) is 0 Å². The van der Waals surface area contributed by atoms with Crippen LogP contribution in [0, 0.1) is 0 Å². The summed E-state index contributed by atoms with van der Waals surface area (Å²) < 4.78 is 0. The molecule has 0 amide bonds. The Labute approximate surface area is 104 Å². The minimum atomic E-state index is -0.955. The Kier molecular flexibility index (Phi) is 3.50. The molecule has 1 aromatic heterocycles. The zero-order valence-electron chi connectivity index (χ0n) is 9.93. The van der Waals surface area contributed by atoms with Crippen molar-refractivity contribution in [2.45, 2.75) is 31.7 Å². The summed E-state index contributed by atoms with van der Waals surface area (Å²) in [5.41, 5.74) is 5.23. The van der Waals surface area contributed by atoms with Gasteiger partial charge in [-0.25, -0.2) is 4.98 Å². The number of carboxylic acid groups (broad SMARTS) is 1. The SMILES string of the molecule is Nc1c(N(CC(=O)O)C2CCCC2)nc[nH]c1=O. The normalized spacial score (nSPS) is 15.8. The second-order valence-electron chi connectivity index (χ2n) is 4.43. The Morgan fingerprint density at radius 2 is 2.22 bits per heavy atom. The van der Waals surface area contributed by atoms with Gasteiger partial charge in [-0.3, -0.25) is 9.59 Å². The van der Waals surface area contributed by atoms with Crippen molar-refractivity contribution in [2.24, 2.45) is 0 Å². The summed E-state index contributed by atoms with van der Waals surface area (Å²) in [7, 11) is 0. The van der Waals surface area contributed by atoms with Crippen molar-refractivity contribution in [1.29, 1.82) is 0 Å². The van der Waals surface area contributed by atoms with Crippen LogP contribution >= 0.6 is 0 Å². The van der Waals surface area contributed by atoms with Crippen LogP contribution in [0.15, 0.2) is 11.1 Å². The lowest BCUT2D eigenvalue weighted by Gasteiger charge is -2.28. The zero-order valence-corrected chi connectivity index (χ0v) is 9.93. The van der Waals surface area contributed by atoms with Crippen molar-refractivity contribution in [3.05, 3.63) is 16.7 Å². The highest BCUT2D eigenvalue weighted by Crippen LogP contribution is 2.28. The Hall–Kier alpha value is -2.05. The Bertz CT molecular complexity index is 493. The molecule has 98 valence electrons. The van der Waals surface area contributed by atoms with Gasteiger partial charge in [-0.1, -0.05) is 12.8 Å². The Morgan fingerprint density at radius 3 is 2.83 bits per heavy atom. The molecule has 1 heterocycles. The van der Waals surface area contributed by atoms with Crippen LogP contribution in [0.1, 0.15) is 25.7 Å². The number of nitrogens with two attached hydrogens (primary N) is 1. The molecule has 0 bridgehead atoms. The molecular weight excluding hydrogens is 236 g/mol. The van der Waals surface area contributed by atoms with Gasteiger partial charge in [0.1, 0.15) is 12.2 Å². The van der Waals surface area contributed by atoms with E-state index in [1.54, 1.807) is 4.90 Å². The molecule has 0 saturated heterocycles. The predicted octanol–water partition coefficient (Wildman–Crippen LogP) is 0.186. The summed E-state index contributed by atoms with van der Waals surface area (Å²) in [5, 5.41) is 8.97. The van der Waals surface area contributed by atoms with Crippen molar-refractivity contribution in [3.8, 4) is 0 Å². The molecule has 1 fully saturated rings. The Balaban J connectivity index is 2.35. The van der Waals surface area contributed by atoms with E-state index in [4.69, 9.17) is 10.8 Å². The second-order valence-corrected chi connectivity index (χ2v) is 4.43. The number of rotatable bonds is 4. The number of aliphatic carboxylic acids is 1. The van der Waals surface area contributed by atoms with Gasteiger partial charge in [0.2, 0.25) is 0 Å². The highest BCUT2D eigenvalue weighted by Gasteiger charge is 2.27. The topological polar surface area (TPSA) is 112 Å². The molecule has 0 aliphatic heterocycles. The monoisotopic (exact) mass is 252 g/mol. The molecule has 0 unspecified atom stereocenters. The predicted molar refractivity (Wildman–Crippen MR) is 66.5 cm³/mol. The number of hydrogen-bond donors (Lipinski definition) is 3. The third kappa shape index (κ3) is 2.44. The minimum Gasteiger partial charge on any atom is -0.480 e. The van der Waals surface area contributed by atoms with Crippen LogP contribution in [0.2, 0.25) is 0 Å². The molecule has 1 aromatic rings. The van der Waals surface area contributed by atoms with E-state index < -0.39 is 11.5 Å². The van der Waals surface area contributed by atoms with Crippen LogP contribution in [0.3, 0.4) is 0 Å². The molecule has 0 radical (unpaired) electrons. The van der Waals surface area contributed by atoms with Crippen molar-refractivity contribution >= 4 is 17.5 Å². The largest absolute Gasteiger partial charge is 0.480 e. The molecule has 2 rings (SSSR count). The number of nitrogen functional groups attached to an aromatic ring is 1. The van der Waals surface area contributed by atoms with E-state index in [0.29, 0.717) is 0 Å². The van der Waals surface area contributed by atoms with E-state index in [0.717, 1.165) is 25.7 Å². The number of anilines is 2. The summed E-state index contributed by atoms with van der Waals surface area (Å²) in [6, 6.07) is 0.0951. The first kappa shape index (κ1) is 12.4. The van der Waals surface area contributed by atoms with Crippen molar-refractivity contribution in [1.82, 2.24) is 9.97 Å². The van der Waals surface area contributed by atoms with Gasteiger partial charge in [-0.2, -0.15) is 0 Å². The van der Waals surface area contributed by atoms with Crippen molar-refractivity contribution < 1.29 is 9.90 Å². The number of nitrogens with one attached hydrogen (secondary N) is 1. The molecule has 18 heavy (non-hydrogen) atoms. The average molecular weight is 252 g/mol. The number of nitrogens with zero attached hydrogens (tertiary/aromatic N) is 2. The molecular formula is C11H16N4O3. The van der Waals surface area contributed by atoms with Gasteiger partial charge in [0.15, 0.2) is 5.82 Å². The number of aromatic nitrogens is 2. The van der Waals surface area contributed by atoms with Crippen LogP contribution in [0.4, 0.5) is 11.5 Å². The molecule has 7 nitrogen and oxygen atoms in total. The van der Waals surface area contributed by atoms with Crippen LogP contribution in [-0.2, 0) is 4.79 Å². The van der Waals surface area contributed by atoms with E-state index in [-0.39, 0.29) is 24.1 Å². The second kappa shape index (κ2) is 5.07. The molecule has 7 heteroatoms. The fourth-order valence-electron chi connectivity index (χ4n) is 2.37. The number of carboxylic acids is 1. The molecule has 0 spiro atoms. The van der Waals surface area contributed by atoms with Crippen LogP contribution in [-0.4, -0.2) is 33.6 Å². The van der Waals surface area contributed by atoms with Gasteiger partial charge in [-0.15, -0.1) is 0 Å². The zero-order chi connectivity index (χ0) is 13.1. The number of carbonyl (C=O) groups is 1. The minimum absolute atomic E-state index is 0.0225. The van der Waals surface area contributed by atoms with E-state index >= 15 is 0 Å². The summed E-state index contributed by atoms with van der Waals surface area (Å²) in [5.74, 6) is -0.684. The number of aromatic amines is 1. The van der Waals surface area contributed by atoms with Gasteiger partial charge < -0.3 is 20.7 Å². The lowest BCUT2D eigenvalue weighted by molar-refractivity contribution is -0.135. The van der Waals surface area contributed by atoms with Gasteiger partial charge in [0.05, 0.1) is 6.33 Å². The molecule has 1 aliphatic rings. The molecule has 1 aliphatic carbocycles. The van der Waals surface area contributed by atoms with Gasteiger partial charge in [0, 0.05) is 6.04 Å². The maximum atomic E-state index is 11.5. The first-order chi connectivity index (χ1) is 8.59. The van der Waals surface area contributed by atoms with Crippen molar-refractivity contribution in [2.75, 3.05) is 17.2 Å². The quantitative estimate of drug-likeness (QED) is 0.705. The molecule has 0 atom stereocenters. The van der Waals surface area contributed by atoms with E-state index in [9.17, 15) is 9.59 Å². The maximum absolute atomic E-state index is 11.5. The summed E-state index contributed by atoms with van der Waals surface area (Å²) in [4.78, 5) is 30.4. The summed E-state index contributed by atoms with van der Waals surface area (Å²) >= 11 is 0. The maximum Gasteiger partial charge on any atom is 0.323 e. The van der Waals surface area contributed by atoms with Crippen LogP contribution < -0.4 is 16.2 Å². The average Bonchev–Trinajstić information content (AvgIpc) is 2.83. The summed E-state index contributed by atoms with van der Waals surface area (Å²) in [6.45, 7) is -0.189. The van der Waals surface area contributed by atoms with E-state index in [1.807, 2.05) is 0 Å². The van der Waals surface area contributed by atoms with E-state index in [2.05, 4.69) is 9.97 Å². The first-order valence-corrected chi connectivity index (χ1v) is 5.91. The third-order valence-corrected chi connectivity index (χ3v) is 3.21. The lowest BCUT2D eigenvalue weighted by atomic mass is 10.2. The van der Waals surface area contributed by atoms with Gasteiger partial charge >= 0.3 is 5.97 Å². The standard InChI is InChI=1S/C11H16N4O3/c12-9-10(13-6-14-11(9)18)15(5-8(16)17)7-3-1-2-4-7/h6-7H,1-5,12H2,(H,16,17)(H,13,14,18). The fraction of sp³-hybridized carbons (Fsp3) is 0.545. The molecule has 4 N–H and O–H groups in total. The van der Waals surface area contributed by atoms with Gasteiger partial charge in [0.25, 0.3) is 5.56 Å². The molecule has 1 saturated carbocycles. The lowest BCUT2D eigenvalue weighted by Crippen LogP contribution is -2.39. The third-order valence-electron chi connectivity index (χ3n) is 3.21. The fourth-order valence-corrected chi connectivity index (χ4v) is 2.37. The van der Waals surface area contributed by atoms with Gasteiger partial charge in [-0.05, 0) is 12.8 Å². The summed E-state index contributed by atoms with van der Waals surface area (Å²) in [6.07, 6.45) is 5.17. The van der Waals surface area contributed by atoms with Crippen LogP contribution in [0.5, 0.6) is 0 Å². The highest BCUT2D eigenvalue weighted by molar-refractivity contribution is 5.75. The van der Waals surface area contributed by atoms with E-state index in [1.165, 1.54) is 6.33 Å². The van der Waals surface area contributed by atoms with Crippen molar-refractivity contribution in [3.63, 3.8) is 0 Å². The Morgan fingerprint density at radius 1 is 1.56 bits per heavy atom. The number of hydrogen-bond acceptors (Lipinski definition) is 5. The number of H-pyrrole nitrogens is 1. The highest BCUT2D eigenvalue weighted by atomic mass is 16.4. The molecule has 0 aromatic carbocycles.